The first kappa shape index (κ1) is 15.1. The van der Waals surface area contributed by atoms with E-state index in [1.54, 1.807) is 0 Å². The molecule has 0 atom stereocenters. The second kappa shape index (κ2) is 5.40. The highest BCUT2D eigenvalue weighted by molar-refractivity contribution is 7.93. The lowest BCUT2D eigenvalue weighted by Gasteiger charge is -2.20. The topological polar surface area (TPSA) is 59.5 Å². The van der Waals surface area contributed by atoms with Gasteiger partial charge in [0.2, 0.25) is 5.88 Å². The number of hydrogen-bond acceptors (Lipinski definition) is 4. The smallest absolute Gasteiger partial charge is 0.269 e. The third-order valence-corrected chi connectivity index (χ3v) is 5.46. The van der Waals surface area contributed by atoms with Crippen LogP contribution in [0.2, 0.25) is 5.02 Å². The fourth-order valence-corrected chi connectivity index (χ4v) is 4.32. The molecule has 0 aliphatic carbocycles. The molecule has 0 bridgehead atoms. The van der Waals surface area contributed by atoms with Gasteiger partial charge in [0.1, 0.15) is 5.82 Å². The second-order valence-corrected chi connectivity index (χ2v) is 7.03. The van der Waals surface area contributed by atoms with Gasteiger partial charge in [0, 0.05) is 12.7 Å². The standard InChI is InChI=1S/C14H12ClFN2O3S/c1-21-14-13(7-10(15)8-17-14)22(19,20)18-5-4-9-6-11(16)2-3-12(9)18/h2-3,6-8H,4-5H2,1H3. The van der Waals surface area contributed by atoms with E-state index < -0.39 is 10.0 Å². The number of sulfonamides is 1. The van der Waals surface area contributed by atoms with Gasteiger partial charge in [-0.2, -0.15) is 0 Å². The molecule has 1 aliphatic heterocycles. The molecule has 116 valence electrons. The van der Waals surface area contributed by atoms with Crippen LogP contribution in [0.3, 0.4) is 0 Å². The molecule has 5 nitrogen and oxygen atoms in total. The largest absolute Gasteiger partial charge is 0.480 e. The van der Waals surface area contributed by atoms with Crippen LogP contribution in [-0.2, 0) is 16.4 Å². The zero-order chi connectivity index (χ0) is 15.9. The maximum absolute atomic E-state index is 13.3. The highest BCUT2D eigenvalue weighted by Crippen LogP contribution is 2.36. The molecule has 1 aromatic carbocycles. The first-order valence-electron chi connectivity index (χ1n) is 6.44. The van der Waals surface area contributed by atoms with E-state index in [0.717, 1.165) is 0 Å². The number of hydrogen-bond donors (Lipinski definition) is 0. The monoisotopic (exact) mass is 342 g/mol. The molecule has 0 fully saturated rings. The van der Waals surface area contributed by atoms with Gasteiger partial charge in [0.15, 0.2) is 4.90 Å². The number of aromatic nitrogens is 1. The summed E-state index contributed by atoms with van der Waals surface area (Å²) in [5.74, 6) is -0.417. The second-order valence-electron chi connectivity index (χ2n) is 4.76. The molecule has 1 aromatic heterocycles. The van der Waals surface area contributed by atoms with Crippen molar-refractivity contribution in [2.45, 2.75) is 11.3 Å². The molecule has 0 unspecified atom stereocenters. The summed E-state index contributed by atoms with van der Waals surface area (Å²) in [6, 6.07) is 5.34. The van der Waals surface area contributed by atoms with Gasteiger partial charge >= 0.3 is 0 Å². The van der Waals surface area contributed by atoms with E-state index in [0.29, 0.717) is 17.7 Å². The van der Waals surface area contributed by atoms with E-state index in [4.69, 9.17) is 16.3 Å². The summed E-state index contributed by atoms with van der Waals surface area (Å²) >= 11 is 5.86. The molecule has 1 aliphatic rings. The number of rotatable bonds is 3. The Morgan fingerprint density at radius 1 is 1.36 bits per heavy atom. The van der Waals surface area contributed by atoms with E-state index in [1.165, 1.54) is 41.9 Å². The minimum absolute atomic E-state index is 0.0278. The molecule has 0 radical (unpaired) electrons. The third-order valence-electron chi connectivity index (χ3n) is 3.44. The predicted molar refractivity (Wildman–Crippen MR) is 80.4 cm³/mol. The lowest BCUT2D eigenvalue weighted by Crippen LogP contribution is -2.29. The zero-order valence-electron chi connectivity index (χ0n) is 11.6. The van der Waals surface area contributed by atoms with Gasteiger partial charge in [0.05, 0.1) is 17.8 Å². The van der Waals surface area contributed by atoms with Crippen molar-refractivity contribution in [1.82, 2.24) is 4.98 Å². The third kappa shape index (κ3) is 2.40. The fourth-order valence-electron chi connectivity index (χ4n) is 2.45. The molecule has 2 heterocycles. The molecule has 8 heteroatoms. The Labute approximate surface area is 132 Å². The first-order valence-corrected chi connectivity index (χ1v) is 8.26. The van der Waals surface area contributed by atoms with Crippen LogP contribution >= 0.6 is 11.6 Å². The van der Waals surface area contributed by atoms with E-state index in [2.05, 4.69) is 4.98 Å². The number of methoxy groups -OCH3 is 1. The zero-order valence-corrected chi connectivity index (χ0v) is 13.2. The molecule has 0 N–H and O–H groups in total. The van der Waals surface area contributed by atoms with Crippen LogP contribution in [0.25, 0.3) is 0 Å². The van der Waals surface area contributed by atoms with Crippen molar-refractivity contribution in [2.24, 2.45) is 0 Å². The summed E-state index contributed by atoms with van der Waals surface area (Å²) in [5.41, 5.74) is 1.11. The highest BCUT2D eigenvalue weighted by atomic mass is 35.5. The van der Waals surface area contributed by atoms with Crippen LogP contribution in [0.4, 0.5) is 10.1 Å². The van der Waals surface area contributed by atoms with Crippen LogP contribution in [0.1, 0.15) is 5.56 Å². The minimum Gasteiger partial charge on any atom is -0.480 e. The quantitative estimate of drug-likeness (QED) is 0.860. The Hall–Kier alpha value is -1.86. The van der Waals surface area contributed by atoms with Crippen molar-refractivity contribution in [3.8, 4) is 5.88 Å². The van der Waals surface area contributed by atoms with Gasteiger partial charge in [-0.15, -0.1) is 0 Å². The first-order chi connectivity index (χ1) is 10.4. The maximum atomic E-state index is 13.3. The average Bonchev–Trinajstić information content (AvgIpc) is 2.90. The summed E-state index contributed by atoms with van der Waals surface area (Å²) in [6.45, 7) is 0.233. The van der Waals surface area contributed by atoms with Crippen molar-refractivity contribution in [1.29, 1.82) is 0 Å². The van der Waals surface area contributed by atoms with Crippen molar-refractivity contribution < 1.29 is 17.5 Å². The number of benzene rings is 1. The van der Waals surface area contributed by atoms with Gasteiger partial charge in [0.25, 0.3) is 10.0 Å². The summed E-state index contributed by atoms with van der Waals surface area (Å²) in [5, 5.41) is 0.193. The molecule has 0 amide bonds. The Morgan fingerprint density at radius 3 is 2.86 bits per heavy atom. The maximum Gasteiger partial charge on any atom is 0.269 e. The van der Waals surface area contributed by atoms with Crippen LogP contribution in [-0.4, -0.2) is 27.1 Å². The van der Waals surface area contributed by atoms with Crippen LogP contribution in [0, 0.1) is 5.82 Å². The lowest BCUT2D eigenvalue weighted by molar-refractivity contribution is 0.385. The predicted octanol–water partition coefficient (Wildman–Crippen LogP) is 2.63. The number of anilines is 1. The van der Waals surface area contributed by atoms with Crippen molar-refractivity contribution in [2.75, 3.05) is 18.0 Å². The van der Waals surface area contributed by atoms with Gasteiger partial charge in [-0.05, 0) is 36.2 Å². The SMILES string of the molecule is COc1ncc(Cl)cc1S(=O)(=O)N1CCc2cc(F)ccc21. The average molecular weight is 343 g/mol. The van der Waals surface area contributed by atoms with E-state index in [9.17, 15) is 12.8 Å². The molecule has 0 saturated heterocycles. The number of ether oxygens (including phenoxy) is 1. The molecule has 3 rings (SSSR count). The summed E-state index contributed by atoms with van der Waals surface area (Å²) in [4.78, 5) is 3.77. The molecule has 2 aromatic rings. The Bertz CT molecular complexity index is 842. The summed E-state index contributed by atoms with van der Waals surface area (Å²) < 4.78 is 45.2. The minimum atomic E-state index is -3.89. The van der Waals surface area contributed by atoms with Gasteiger partial charge < -0.3 is 4.74 Å². The van der Waals surface area contributed by atoms with Crippen LogP contribution in [0.5, 0.6) is 5.88 Å². The van der Waals surface area contributed by atoms with Gasteiger partial charge in [-0.1, -0.05) is 11.6 Å². The Kier molecular flexibility index (Phi) is 3.70. The van der Waals surface area contributed by atoms with Crippen molar-refractivity contribution >= 4 is 27.3 Å². The lowest BCUT2D eigenvalue weighted by atomic mass is 10.2. The summed E-state index contributed by atoms with van der Waals surface area (Å²) in [7, 11) is -2.56. The molecular weight excluding hydrogens is 331 g/mol. The van der Waals surface area contributed by atoms with Gasteiger partial charge in [-0.25, -0.2) is 17.8 Å². The van der Waals surface area contributed by atoms with Crippen LogP contribution in [0.15, 0.2) is 35.4 Å². The number of fused-ring (bicyclic) bond motifs is 1. The van der Waals surface area contributed by atoms with Crippen molar-refractivity contribution in [3.63, 3.8) is 0 Å². The van der Waals surface area contributed by atoms with Crippen molar-refractivity contribution in [3.05, 3.63) is 46.9 Å². The molecule has 0 saturated carbocycles. The normalized spacial score (nSPS) is 14.0. The van der Waals surface area contributed by atoms with E-state index in [-0.39, 0.29) is 28.2 Å². The molecule has 22 heavy (non-hydrogen) atoms. The van der Waals surface area contributed by atoms with E-state index in [1.807, 2.05) is 0 Å². The Morgan fingerprint density at radius 2 is 2.14 bits per heavy atom. The van der Waals surface area contributed by atoms with E-state index >= 15 is 0 Å². The number of halogens is 2. The Balaban J connectivity index is 2.12. The molecular formula is C14H12ClFN2O3S. The molecule has 0 spiro atoms. The van der Waals surface area contributed by atoms with Gasteiger partial charge in [-0.3, -0.25) is 4.31 Å². The fraction of sp³-hybridized carbons (Fsp3) is 0.214. The van der Waals surface area contributed by atoms with Crippen LogP contribution < -0.4 is 9.04 Å². The number of pyridine rings is 1. The number of nitrogens with zero attached hydrogens (tertiary/aromatic N) is 2. The highest BCUT2D eigenvalue weighted by Gasteiger charge is 2.33. The summed E-state index contributed by atoms with van der Waals surface area (Å²) in [6.07, 6.45) is 1.76.